The lowest BCUT2D eigenvalue weighted by atomic mass is 10.2. The van der Waals surface area contributed by atoms with Crippen molar-refractivity contribution in [1.29, 1.82) is 0 Å². The number of benzene rings is 1. The number of aromatic nitrogens is 2. The number of hydrogen-bond acceptors (Lipinski definition) is 7. The van der Waals surface area contributed by atoms with Crippen molar-refractivity contribution in [3.63, 3.8) is 0 Å². The topological polar surface area (TPSA) is 73.3 Å². The van der Waals surface area contributed by atoms with E-state index >= 15 is 0 Å². The molecule has 0 aliphatic heterocycles. The van der Waals surface area contributed by atoms with Gasteiger partial charge in [0.25, 0.3) is 0 Å². The van der Waals surface area contributed by atoms with E-state index in [9.17, 15) is 4.79 Å². The lowest BCUT2D eigenvalue weighted by molar-refractivity contribution is -0.113. The maximum atomic E-state index is 12.1. The van der Waals surface area contributed by atoms with Crippen LogP contribution in [0.25, 0.3) is 0 Å². The van der Waals surface area contributed by atoms with Crippen LogP contribution in [-0.2, 0) is 4.79 Å². The summed E-state index contributed by atoms with van der Waals surface area (Å²) in [5, 5.41) is 10.5. The Labute approximate surface area is 137 Å². The van der Waals surface area contributed by atoms with Crippen molar-refractivity contribution < 1.29 is 14.3 Å². The monoisotopic (exact) mass is 339 g/mol. The largest absolute Gasteiger partial charge is 0.494 e. The molecule has 6 nitrogen and oxygen atoms in total. The molecule has 0 bridgehead atoms. The Morgan fingerprint density at radius 3 is 2.82 bits per heavy atom. The van der Waals surface area contributed by atoms with Gasteiger partial charge >= 0.3 is 0 Å². The van der Waals surface area contributed by atoms with Gasteiger partial charge in [0.2, 0.25) is 5.91 Å². The number of amides is 1. The van der Waals surface area contributed by atoms with Gasteiger partial charge in [-0.2, -0.15) is 0 Å². The van der Waals surface area contributed by atoms with E-state index in [0.717, 1.165) is 4.34 Å². The van der Waals surface area contributed by atoms with Crippen LogP contribution in [-0.4, -0.2) is 35.1 Å². The molecule has 0 aliphatic carbocycles. The van der Waals surface area contributed by atoms with E-state index < -0.39 is 0 Å². The highest BCUT2D eigenvalue weighted by atomic mass is 32.2. The van der Waals surface area contributed by atoms with Crippen LogP contribution >= 0.6 is 23.1 Å². The molecule has 2 rings (SSSR count). The molecule has 0 unspecified atom stereocenters. The Bertz CT molecular complexity index is 605. The third kappa shape index (κ3) is 4.88. The normalized spacial score (nSPS) is 10.3. The van der Waals surface area contributed by atoms with E-state index in [1.807, 2.05) is 19.9 Å². The van der Waals surface area contributed by atoms with Crippen molar-refractivity contribution in [3.8, 4) is 11.5 Å². The van der Waals surface area contributed by atoms with Gasteiger partial charge in [0.15, 0.2) is 4.34 Å². The summed E-state index contributed by atoms with van der Waals surface area (Å²) in [6.07, 6.45) is 0. The minimum atomic E-state index is -0.130. The molecule has 0 radical (unpaired) electrons. The third-order valence-electron chi connectivity index (χ3n) is 2.50. The quantitative estimate of drug-likeness (QED) is 0.745. The van der Waals surface area contributed by atoms with Gasteiger partial charge < -0.3 is 14.8 Å². The van der Waals surface area contributed by atoms with E-state index in [1.165, 1.54) is 23.1 Å². The summed E-state index contributed by atoms with van der Waals surface area (Å²) in [5.74, 6) is 1.45. The van der Waals surface area contributed by atoms with Gasteiger partial charge in [-0.05, 0) is 26.0 Å². The highest BCUT2D eigenvalue weighted by molar-refractivity contribution is 8.01. The summed E-state index contributed by atoms with van der Waals surface area (Å²) in [4.78, 5) is 12.1. The second kappa shape index (κ2) is 8.60. The first kappa shape index (κ1) is 16.6. The highest BCUT2D eigenvalue weighted by Gasteiger charge is 2.11. The van der Waals surface area contributed by atoms with Gasteiger partial charge in [-0.1, -0.05) is 23.1 Å². The minimum Gasteiger partial charge on any atom is -0.494 e. The van der Waals surface area contributed by atoms with Gasteiger partial charge in [0, 0.05) is 6.07 Å². The Kier molecular flexibility index (Phi) is 6.47. The fourth-order valence-electron chi connectivity index (χ4n) is 1.68. The fourth-order valence-corrected chi connectivity index (χ4v) is 2.97. The number of anilines is 1. The smallest absolute Gasteiger partial charge is 0.234 e. The lowest BCUT2D eigenvalue weighted by Crippen LogP contribution is -2.15. The Morgan fingerprint density at radius 2 is 2.14 bits per heavy atom. The maximum absolute atomic E-state index is 12.1. The first-order valence-electron chi connectivity index (χ1n) is 6.81. The van der Waals surface area contributed by atoms with E-state index in [-0.39, 0.29) is 11.7 Å². The molecule has 1 aromatic heterocycles. The van der Waals surface area contributed by atoms with Crippen molar-refractivity contribution in [1.82, 2.24) is 10.2 Å². The van der Waals surface area contributed by atoms with Gasteiger partial charge in [0.1, 0.15) is 17.0 Å². The van der Waals surface area contributed by atoms with Crippen molar-refractivity contribution in [2.75, 3.05) is 24.3 Å². The molecule has 1 aromatic carbocycles. The van der Waals surface area contributed by atoms with Crippen LogP contribution in [0.4, 0.5) is 5.69 Å². The summed E-state index contributed by atoms with van der Waals surface area (Å²) in [7, 11) is 0. The molecule has 118 valence electrons. The third-order valence-corrected chi connectivity index (χ3v) is 4.36. The van der Waals surface area contributed by atoms with Gasteiger partial charge in [-0.3, -0.25) is 4.79 Å². The zero-order chi connectivity index (χ0) is 15.8. The van der Waals surface area contributed by atoms with Crippen molar-refractivity contribution >= 4 is 34.7 Å². The Hall–Kier alpha value is -1.80. The SMILES string of the molecule is CCOc1ccc(OCC)c(NC(=O)CSc2nncs2)c1. The molecule has 1 N–H and O–H groups in total. The maximum Gasteiger partial charge on any atom is 0.234 e. The number of nitrogens with zero attached hydrogens (tertiary/aromatic N) is 2. The standard InChI is InChI=1S/C14H17N3O3S2/c1-3-19-10-5-6-12(20-4-2)11(7-10)16-13(18)8-21-14-17-15-9-22-14/h5-7,9H,3-4,8H2,1-2H3,(H,16,18). The van der Waals surface area contributed by atoms with E-state index in [1.54, 1.807) is 17.6 Å². The number of rotatable bonds is 8. The van der Waals surface area contributed by atoms with Gasteiger partial charge in [-0.25, -0.2) is 0 Å². The lowest BCUT2D eigenvalue weighted by Gasteiger charge is -2.13. The molecule has 0 saturated heterocycles. The van der Waals surface area contributed by atoms with Crippen molar-refractivity contribution in [3.05, 3.63) is 23.7 Å². The molecule has 8 heteroatoms. The predicted octanol–water partition coefficient (Wildman–Crippen LogP) is 3.07. The Balaban J connectivity index is 2.01. The minimum absolute atomic E-state index is 0.130. The summed E-state index contributed by atoms with van der Waals surface area (Å²) < 4.78 is 11.7. The van der Waals surface area contributed by atoms with Crippen LogP contribution in [0.15, 0.2) is 28.0 Å². The molecule has 1 amide bonds. The van der Waals surface area contributed by atoms with Crippen molar-refractivity contribution in [2.24, 2.45) is 0 Å². The average molecular weight is 339 g/mol. The zero-order valence-corrected chi connectivity index (χ0v) is 14.0. The van der Waals surface area contributed by atoms with Crippen LogP contribution < -0.4 is 14.8 Å². The van der Waals surface area contributed by atoms with Crippen LogP contribution in [0.1, 0.15) is 13.8 Å². The molecular formula is C14H17N3O3S2. The number of nitrogens with one attached hydrogen (secondary N) is 1. The van der Waals surface area contributed by atoms with E-state index in [4.69, 9.17) is 9.47 Å². The molecule has 0 atom stereocenters. The molecule has 0 saturated carbocycles. The molecular weight excluding hydrogens is 322 g/mol. The Morgan fingerprint density at radius 1 is 1.32 bits per heavy atom. The van der Waals surface area contributed by atoms with Gasteiger partial charge in [0.05, 0.1) is 24.7 Å². The first-order chi connectivity index (χ1) is 10.7. The number of thioether (sulfide) groups is 1. The predicted molar refractivity (Wildman–Crippen MR) is 88.0 cm³/mol. The average Bonchev–Trinajstić information content (AvgIpc) is 3.02. The second-order valence-electron chi connectivity index (χ2n) is 4.07. The second-order valence-corrected chi connectivity index (χ2v) is 6.12. The van der Waals surface area contributed by atoms with Gasteiger partial charge in [-0.15, -0.1) is 10.2 Å². The number of ether oxygens (including phenoxy) is 2. The first-order valence-corrected chi connectivity index (χ1v) is 8.68. The van der Waals surface area contributed by atoms with Crippen LogP contribution in [0.2, 0.25) is 0 Å². The number of carbonyl (C=O) groups is 1. The van der Waals surface area contributed by atoms with Crippen molar-refractivity contribution in [2.45, 2.75) is 18.2 Å². The number of hydrogen-bond donors (Lipinski definition) is 1. The summed E-state index contributed by atoms with van der Waals surface area (Å²) in [6, 6.07) is 5.38. The highest BCUT2D eigenvalue weighted by Crippen LogP contribution is 2.30. The molecule has 1 heterocycles. The molecule has 0 fully saturated rings. The summed E-state index contributed by atoms with van der Waals surface area (Å²) >= 11 is 2.76. The molecule has 0 spiro atoms. The summed E-state index contributed by atoms with van der Waals surface area (Å²) in [5.41, 5.74) is 2.24. The molecule has 2 aromatic rings. The molecule has 22 heavy (non-hydrogen) atoms. The molecule has 0 aliphatic rings. The van der Waals surface area contributed by atoms with Crippen LogP contribution in [0.5, 0.6) is 11.5 Å². The van der Waals surface area contributed by atoms with E-state index in [0.29, 0.717) is 30.4 Å². The van der Waals surface area contributed by atoms with Crippen LogP contribution in [0.3, 0.4) is 0 Å². The van der Waals surface area contributed by atoms with Crippen LogP contribution in [0, 0.1) is 0 Å². The number of carbonyl (C=O) groups excluding carboxylic acids is 1. The summed E-state index contributed by atoms with van der Waals surface area (Å²) in [6.45, 7) is 4.89. The fraction of sp³-hybridized carbons (Fsp3) is 0.357. The zero-order valence-electron chi connectivity index (χ0n) is 12.4. The van der Waals surface area contributed by atoms with E-state index in [2.05, 4.69) is 15.5 Å².